The Morgan fingerprint density at radius 1 is 1.00 bits per heavy atom. The number of methoxy groups -OCH3 is 2. The summed E-state index contributed by atoms with van der Waals surface area (Å²) in [5.74, 6) is 1.65. The van der Waals surface area contributed by atoms with Gasteiger partial charge in [-0.25, -0.2) is 10.9 Å². The minimum absolute atomic E-state index is 0.00108. The largest absolute Gasteiger partial charge is 0.497 e. The molecule has 7 heteroatoms. The van der Waals surface area contributed by atoms with Gasteiger partial charge in [0.15, 0.2) is 0 Å². The molecular formula is C24H32N4O3. The van der Waals surface area contributed by atoms with Crippen molar-refractivity contribution >= 4 is 5.91 Å². The second-order valence-electron chi connectivity index (χ2n) is 8.33. The van der Waals surface area contributed by atoms with Crippen LogP contribution >= 0.6 is 0 Å². The minimum atomic E-state index is -0.00108. The van der Waals surface area contributed by atoms with E-state index in [-0.39, 0.29) is 18.0 Å². The molecule has 0 aliphatic carbocycles. The Balaban J connectivity index is 1.26. The molecular weight excluding hydrogens is 392 g/mol. The van der Waals surface area contributed by atoms with Crippen molar-refractivity contribution in [1.82, 2.24) is 21.1 Å². The van der Waals surface area contributed by atoms with Crippen molar-refractivity contribution in [3.05, 3.63) is 59.2 Å². The maximum Gasteiger partial charge on any atom is 0.251 e. The van der Waals surface area contributed by atoms with Gasteiger partial charge in [0.25, 0.3) is 5.91 Å². The van der Waals surface area contributed by atoms with Crippen LogP contribution < -0.4 is 25.6 Å². The van der Waals surface area contributed by atoms with Gasteiger partial charge in [-0.1, -0.05) is 12.1 Å². The molecule has 4 rings (SSSR count). The highest BCUT2D eigenvalue weighted by Crippen LogP contribution is 2.27. The van der Waals surface area contributed by atoms with E-state index in [0.717, 1.165) is 49.4 Å². The first kappa shape index (κ1) is 21.6. The third-order valence-corrected chi connectivity index (χ3v) is 6.39. The van der Waals surface area contributed by atoms with Crippen LogP contribution in [0.1, 0.15) is 46.8 Å². The Hall–Kier alpha value is -2.61. The highest BCUT2D eigenvalue weighted by Gasteiger charge is 2.32. The Bertz CT molecular complexity index is 894. The summed E-state index contributed by atoms with van der Waals surface area (Å²) in [6, 6.07) is 14.3. The monoisotopic (exact) mass is 424 g/mol. The Morgan fingerprint density at radius 2 is 1.68 bits per heavy atom. The van der Waals surface area contributed by atoms with E-state index in [0.29, 0.717) is 11.7 Å². The number of piperidine rings is 1. The number of carbonyl (C=O) groups is 1. The number of ether oxygens (including phenoxy) is 2. The third kappa shape index (κ3) is 5.01. The maximum absolute atomic E-state index is 12.7. The highest BCUT2D eigenvalue weighted by molar-refractivity contribution is 5.96. The van der Waals surface area contributed by atoms with Gasteiger partial charge in [0.2, 0.25) is 0 Å². The Labute approximate surface area is 184 Å². The third-order valence-electron chi connectivity index (χ3n) is 6.39. The van der Waals surface area contributed by atoms with Crippen LogP contribution in [-0.2, 0) is 0 Å². The SMILES string of the molecule is COc1ccc(C2CC(N3CCC(NC(=O)c4ccc(OC)cc4C)CC3)NN2)cc1. The van der Waals surface area contributed by atoms with Gasteiger partial charge in [0, 0.05) is 30.7 Å². The first-order valence-corrected chi connectivity index (χ1v) is 10.9. The fourth-order valence-electron chi connectivity index (χ4n) is 4.47. The van der Waals surface area contributed by atoms with Crippen molar-refractivity contribution in [2.24, 2.45) is 0 Å². The van der Waals surface area contributed by atoms with E-state index in [1.54, 1.807) is 14.2 Å². The van der Waals surface area contributed by atoms with Crippen LogP contribution in [0.5, 0.6) is 11.5 Å². The second-order valence-corrected chi connectivity index (χ2v) is 8.33. The molecule has 2 aliphatic heterocycles. The van der Waals surface area contributed by atoms with Gasteiger partial charge in [0.1, 0.15) is 11.5 Å². The van der Waals surface area contributed by atoms with Crippen LogP contribution in [0, 0.1) is 6.92 Å². The molecule has 3 N–H and O–H groups in total. The molecule has 1 amide bonds. The normalized spacial score (nSPS) is 22.3. The van der Waals surface area contributed by atoms with Gasteiger partial charge in [-0.3, -0.25) is 9.69 Å². The molecule has 2 aromatic rings. The summed E-state index contributed by atoms with van der Waals surface area (Å²) >= 11 is 0. The number of benzene rings is 2. The van der Waals surface area contributed by atoms with Crippen molar-refractivity contribution in [3.8, 4) is 11.5 Å². The number of nitrogens with zero attached hydrogens (tertiary/aromatic N) is 1. The minimum Gasteiger partial charge on any atom is -0.497 e. The van der Waals surface area contributed by atoms with Gasteiger partial charge in [0.05, 0.1) is 20.4 Å². The number of rotatable bonds is 6. The molecule has 0 aromatic heterocycles. The van der Waals surface area contributed by atoms with Crippen molar-refractivity contribution < 1.29 is 14.3 Å². The molecule has 2 fully saturated rings. The van der Waals surface area contributed by atoms with E-state index in [9.17, 15) is 4.79 Å². The maximum atomic E-state index is 12.7. The van der Waals surface area contributed by atoms with Crippen LogP contribution in [0.4, 0.5) is 0 Å². The van der Waals surface area contributed by atoms with E-state index >= 15 is 0 Å². The second kappa shape index (κ2) is 9.68. The van der Waals surface area contributed by atoms with Gasteiger partial charge in [-0.2, -0.15) is 0 Å². The summed E-state index contributed by atoms with van der Waals surface area (Å²) < 4.78 is 10.5. The van der Waals surface area contributed by atoms with Crippen molar-refractivity contribution in [2.45, 2.75) is 44.4 Å². The Morgan fingerprint density at radius 3 is 2.32 bits per heavy atom. The lowest BCUT2D eigenvalue weighted by Crippen LogP contribution is -2.51. The number of likely N-dealkylation sites (tertiary alicyclic amines) is 1. The van der Waals surface area contributed by atoms with E-state index in [4.69, 9.17) is 9.47 Å². The van der Waals surface area contributed by atoms with Gasteiger partial charge in [-0.05, 0) is 67.6 Å². The van der Waals surface area contributed by atoms with Crippen LogP contribution in [-0.4, -0.2) is 50.3 Å². The molecule has 2 aliphatic rings. The van der Waals surface area contributed by atoms with Crippen molar-refractivity contribution in [2.75, 3.05) is 27.3 Å². The zero-order chi connectivity index (χ0) is 21.8. The van der Waals surface area contributed by atoms with Crippen LogP contribution in [0.25, 0.3) is 0 Å². The quantitative estimate of drug-likeness (QED) is 0.662. The predicted octanol–water partition coefficient (Wildman–Crippen LogP) is 2.77. The summed E-state index contributed by atoms with van der Waals surface area (Å²) in [5, 5.41) is 3.22. The lowest BCUT2D eigenvalue weighted by atomic mass is 10.0. The number of hydrogen-bond acceptors (Lipinski definition) is 6. The molecule has 7 nitrogen and oxygen atoms in total. The topological polar surface area (TPSA) is 74.9 Å². The first-order valence-electron chi connectivity index (χ1n) is 10.9. The number of nitrogens with one attached hydrogen (secondary N) is 3. The average molecular weight is 425 g/mol. The standard InChI is InChI=1S/C24H32N4O3/c1-16-14-20(31-3)8-9-21(16)24(29)25-18-10-12-28(13-11-18)23-15-22(26-27-23)17-4-6-19(30-2)7-5-17/h4-9,14,18,22-23,26-27H,10-13,15H2,1-3H3,(H,25,29). The highest BCUT2D eigenvalue weighted by atomic mass is 16.5. The summed E-state index contributed by atoms with van der Waals surface area (Å²) in [6.07, 6.45) is 3.21. The number of hydrazine groups is 1. The number of carbonyl (C=O) groups excluding carboxylic acids is 1. The molecule has 0 bridgehead atoms. The zero-order valence-electron chi connectivity index (χ0n) is 18.5. The van der Waals surface area contributed by atoms with E-state index in [1.807, 2.05) is 37.3 Å². The molecule has 0 spiro atoms. The van der Waals surface area contributed by atoms with Crippen LogP contribution in [0.2, 0.25) is 0 Å². The van der Waals surface area contributed by atoms with Gasteiger partial charge >= 0.3 is 0 Å². The van der Waals surface area contributed by atoms with Crippen molar-refractivity contribution in [1.29, 1.82) is 0 Å². The molecule has 2 heterocycles. The van der Waals surface area contributed by atoms with Crippen LogP contribution in [0.15, 0.2) is 42.5 Å². The number of amides is 1. The molecule has 166 valence electrons. The van der Waals surface area contributed by atoms with E-state index in [1.165, 1.54) is 5.56 Å². The molecule has 2 atom stereocenters. The Kier molecular flexibility index (Phi) is 6.75. The fourth-order valence-corrected chi connectivity index (χ4v) is 4.47. The van der Waals surface area contributed by atoms with E-state index < -0.39 is 0 Å². The first-order chi connectivity index (χ1) is 15.1. The zero-order valence-corrected chi connectivity index (χ0v) is 18.5. The molecule has 31 heavy (non-hydrogen) atoms. The molecule has 2 unspecified atom stereocenters. The fraction of sp³-hybridized carbons (Fsp3) is 0.458. The molecule has 0 saturated carbocycles. The van der Waals surface area contributed by atoms with Gasteiger partial charge in [-0.15, -0.1) is 0 Å². The van der Waals surface area contributed by atoms with Gasteiger partial charge < -0.3 is 14.8 Å². The number of hydrogen-bond donors (Lipinski definition) is 3. The summed E-state index contributed by atoms with van der Waals surface area (Å²) in [4.78, 5) is 15.2. The number of aryl methyl sites for hydroxylation is 1. The average Bonchev–Trinajstić information content (AvgIpc) is 3.29. The molecule has 2 saturated heterocycles. The summed E-state index contributed by atoms with van der Waals surface area (Å²) in [5.41, 5.74) is 9.78. The summed E-state index contributed by atoms with van der Waals surface area (Å²) in [6.45, 7) is 3.86. The van der Waals surface area contributed by atoms with Crippen molar-refractivity contribution in [3.63, 3.8) is 0 Å². The molecule has 0 radical (unpaired) electrons. The lowest BCUT2D eigenvalue weighted by Gasteiger charge is -2.36. The van der Waals surface area contributed by atoms with Crippen LogP contribution in [0.3, 0.4) is 0 Å². The predicted molar refractivity (Wildman–Crippen MR) is 120 cm³/mol. The molecule has 2 aromatic carbocycles. The lowest BCUT2D eigenvalue weighted by molar-refractivity contribution is 0.0879. The summed E-state index contributed by atoms with van der Waals surface area (Å²) in [7, 11) is 3.32. The van der Waals surface area contributed by atoms with E-state index in [2.05, 4.69) is 33.2 Å². The smallest absolute Gasteiger partial charge is 0.251 e.